The van der Waals surface area contributed by atoms with Crippen molar-refractivity contribution in [3.05, 3.63) is 34.9 Å². The number of aliphatic carboxylic acids is 1. The van der Waals surface area contributed by atoms with E-state index in [1.807, 2.05) is 12.1 Å². The van der Waals surface area contributed by atoms with Gasteiger partial charge in [-0.1, -0.05) is 23.7 Å². The summed E-state index contributed by atoms with van der Waals surface area (Å²) in [6, 6.07) is 7.38. The molecule has 0 aliphatic carbocycles. The van der Waals surface area contributed by atoms with Crippen LogP contribution in [0.25, 0.3) is 0 Å². The van der Waals surface area contributed by atoms with E-state index in [-0.39, 0.29) is 5.92 Å². The molecule has 1 saturated heterocycles. The lowest BCUT2D eigenvalue weighted by molar-refractivity contribution is -0.142. The van der Waals surface area contributed by atoms with E-state index in [1.165, 1.54) is 0 Å². The first-order chi connectivity index (χ1) is 8.65. The van der Waals surface area contributed by atoms with Crippen molar-refractivity contribution < 1.29 is 14.6 Å². The maximum atomic E-state index is 11.3. The molecule has 1 aromatic rings. The van der Waals surface area contributed by atoms with Crippen LogP contribution in [0.1, 0.15) is 18.4 Å². The van der Waals surface area contributed by atoms with E-state index in [1.54, 1.807) is 12.1 Å². The van der Waals surface area contributed by atoms with Gasteiger partial charge in [0.25, 0.3) is 0 Å². The van der Waals surface area contributed by atoms with Crippen molar-refractivity contribution >= 4 is 17.6 Å². The fraction of sp³-hybridized carbons (Fsp3) is 0.500. The van der Waals surface area contributed by atoms with Crippen molar-refractivity contribution in [2.24, 2.45) is 11.8 Å². The van der Waals surface area contributed by atoms with Crippen molar-refractivity contribution in [1.82, 2.24) is 0 Å². The summed E-state index contributed by atoms with van der Waals surface area (Å²) in [5.74, 6) is -0.673. The first-order valence-corrected chi connectivity index (χ1v) is 6.58. The van der Waals surface area contributed by atoms with E-state index < -0.39 is 5.97 Å². The summed E-state index contributed by atoms with van der Waals surface area (Å²) in [5, 5.41) is 9.96. The predicted octanol–water partition coefficient (Wildman–Crippen LogP) is 3.01. The first-order valence-electron chi connectivity index (χ1n) is 6.20. The normalized spacial score (nSPS) is 20.8. The minimum absolute atomic E-state index is 0.335. The molecule has 0 saturated carbocycles. The van der Waals surface area contributed by atoms with Gasteiger partial charge >= 0.3 is 5.97 Å². The number of halogens is 1. The Balaban J connectivity index is 1.97. The van der Waals surface area contributed by atoms with E-state index in [4.69, 9.17) is 16.3 Å². The minimum atomic E-state index is -0.725. The van der Waals surface area contributed by atoms with Gasteiger partial charge in [0.15, 0.2) is 0 Å². The topological polar surface area (TPSA) is 46.5 Å². The Hall–Kier alpha value is -1.06. The van der Waals surface area contributed by atoms with Crippen LogP contribution in [-0.4, -0.2) is 24.3 Å². The molecule has 1 aliphatic heterocycles. The molecule has 18 heavy (non-hydrogen) atoms. The maximum Gasteiger partial charge on any atom is 0.306 e. The molecule has 0 radical (unpaired) electrons. The Kier molecular flexibility index (Phi) is 4.61. The Morgan fingerprint density at radius 3 is 2.72 bits per heavy atom. The summed E-state index contributed by atoms with van der Waals surface area (Å²) in [6.07, 6.45) is 2.23. The Labute approximate surface area is 112 Å². The molecule has 1 N–H and O–H groups in total. The standard InChI is InChI=1S/C14H17ClO3/c15-13-3-1-10(2-4-13)7-12(14(16)17)8-11-5-6-18-9-11/h1-4,11-12H,5-9H2,(H,16,17). The lowest BCUT2D eigenvalue weighted by Gasteiger charge is -2.16. The zero-order valence-electron chi connectivity index (χ0n) is 10.1. The van der Waals surface area contributed by atoms with Gasteiger partial charge in [-0.3, -0.25) is 4.79 Å². The highest BCUT2D eigenvalue weighted by Gasteiger charge is 2.25. The van der Waals surface area contributed by atoms with Crippen LogP contribution < -0.4 is 0 Å². The number of benzene rings is 1. The third-order valence-corrected chi connectivity index (χ3v) is 3.64. The predicted molar refractivity (Wildman–Crippen MR) is 69.8 cm³/mol. The average molecular weight is 269 g/mol. The summed E-state index contributed by atoms with van der Waals surface area (Å²) in [4.78, 5) is 11.3. The number of hydrogen-bond acceptors (Lipinski definition) is 2. The van der Waals surface area contributed by atoms with Crippen LogP contribution in [0.2, 0.25) is 5.02 Å². The van der Waals surface area contributed by atoms with E-state index in [9.17, 15) is 9.90 Å². The molecule has 2 rings (SSSR count). The van der Waals surface area contributed by atoms with Crippen molar-refractivity contribution in [3.63, 3.8) is 0 Å². The molecule has 2 unspecified atom stereocenters. The fourth-order valence-corrected chi connectivity index (χ4v) is 2.47. The highest BCUT2D eigenvalue weighted by Crippen LogP contribution is 2.24. The molecule has 0 aromatic heterocycles. The summed E-state index contributed by atoms with van der Waals surface area (Å²) in [5.41, 5.74) is 1.02. The number of carboxylic acid groups (broad SMARTS) is 1. The van der Waals surface area contributed by atoms with Gasteiger partial charge in [-0.25, -0.2) is 0 Å². The summed E-state index contributed by atoms with van der Waals surface area (Å²) in [6.45, 7) is 1.46. The van der Waals surface area contributed by atoms with Gasteiger partial charge in [0.2, 0.25) is 0 Å². The molecule has 1 heterocycles. The molecular formula is C14H17ClO3. The number of rotatable bonds is 5. The summed E-state index contributed by atoms with van der Waals surface area (Å²) in [7, 11) is 0. The zero-order valence-corrected chi connectivity index (χ0v) is 10.9. The van der Waals surface area contributed by atoms with E-state index in [2.05, 4.69) is 0 Å². The third-order valence-electron chi connectivity index (χ3n) is 3.39. The zero-order chi connectivity index (χ0) is 13.0. The highest BCUT2D eigenvalue weighted by atomic mass is 35.5. The number of carboxylic acids is 1. The smallest absolute Gasteiger partial charge is 0.306 e. The second kappa shape index (κ2) is 6.21. The van der Waals surface area contributed by atoms with Crippen molar-refractivity contribution in [1.29, 1.82) is 0 Å². The lowest BCUT2D eigenvalue weighted by atomic mass is 9.89. The van der Waals surface area contributed by atoms with Gasteiger partial charge in [-0.15, -0.1) is 0 Å². The monoisotopic (exact) mass is 268 g/mol. The molecule has 1 aliphatic rings. The minimum Gasteiger partial charge on any atom is -0.481 e. The van der Waals surface area contributed by atoms with Gasteiger partial charge in [0.05, 0.1) is 5.92 Å². The summed E-state index contributed by atoms with van der Waals surface area (Å²) >= 11 is 5.82. The highest BCUT2D eigenvalue weighted by molar-refractivity contribution is 6.30. The van der Waals surface area contributed by atoms with E-state index in [0.29, 0.717) is 30.4 Å². The van der Waals surface area contributed by atoms with Crippen LogP contribution in [0.5, 0.6) is 0 Å². The molecule has 1 fully saturated rings. The van der Waals surface area contributed by atoms with Gasteiger partial charge in [0.1, 0.15) is 0 Å². The molecule has 98 valence electrons. The SMILES string of the molecule is O=C(O)C(Cc1ccc(Cl)cc1)CC1CCOC1. The lowest BCUT2D eigenvalue weighted by Crippen LogP contribution is -2.20. The van der Waals surface area contributed by atoms with Crippen LogP contribution in [0, 0.1) is 11.8 Å². The molecule has 0 spiro atoms. The maximum absolute atomic E-state index is 11.3. The number of ether oxygens (including phenoxy) is 1. The molecule has 1 aromatic carbocycles. The van der Waals surface area contributed by atoms with Crippen LogP contribution in [0.3, 0.4) is 0 Å². The van der Waals surface area contributed by atoms with Crippen molar-refractivity contribution in [2.45, 2.75) is 19.3 Å². The third kappa shape index (κ3) is 3.72. The molecule has 0 bridgehead atoms. The van der Waals surface area contributed by atoms with Gasteiger partial charge < -0.3 is 9.84 Å². The molecule has 0 amide bonds. The van der Waals surface area contributed by atoms with Gasteiger partial charge in [0, 0.05) is 18.2 Å². The van der Waals surface area contributed by atoms with Crippen LogP contribution in [0.4, 0.5) is 0 Å². The molecule has 2 atom stereocenters. The average Bonchev–Trinajstić information content (AvgIpc) is 2.84. The Morgan fingerprint density at radius 1 is 1.44 bits per heavy atom. The molecular weight excluding hydrogens is 252 g/mol. The van der Waals surface area contributed by atoms with Crippen LogP contribution in [0.15, 0.2) is 24.3 Å². The van der Waals surface area contributed by atoms with Crippen molar-refractivity contribution in [2.75, 3.05) is 13.2 Å². The van der Waals surface area contributed by atoms with E-state index in [0.717, 1.165) is 18.6 Å². The first kappa shape index (κ1) is 13.4. The second-order valence-electron chi connectivity index (χ2n) is 4.83. The van der Waals surface area contributed by atoms with Crippen LogP contribution >= 0.6 is 11.6 Å². The van der Waals surface area contributed by atoms with Gasteiger partial charge in [-0.05, 0) is 42.9 Å². The van der Waals surface area contributed by atoms with Crippen molar-refractivity contribution in [3.8, 4) is 0 Å². The Morgan fingerprint density at radius 2 is 2.17 bits per heavy atom. The fourth-order valence-electron chi connectivity index (χ4n) is 2.35. The number of carbonyl (C=O) groups is 1. The summed E-state index contributed by atoms with van der Waals surface area (Å²) < 4.78 is 5.29. The Bertz CT molecular complexity index is 396. The van der Waals surface area contributed by atoms with Gasteiger partial charge in [-0.2, -0.15) is 0 Å². The largest absolute Gasteiger partial charge is 0.481 e. The van der Waals surface area contributed by atoms with Crippen LogP contribution in [-0.2, 0) is 16.0 Å². The quantitative estimate of drug-likeness (QED) is 0.893. The van der Waals surface area contributed by atoms with E-state index >= 15 is 0 Å². The second-order valence-corrected chi connectivity index (χ2v) is 5.27. The number of hydrogen-bond donors (Lipinski definition) is 1. The molecule has 4 heteroatoms. The molecule has 3 nitrogen and oxygen atoms in total.